The average Bonchev–Trinajstić information content (AvgIpc) is 3.20. The van der Waals surface area contributed by atoms with E-state index in [1.807, 2.05) is 6.92 Å². The number of aromatic nitrogens is 2. The maximum atomic E-state index is 14.9. The van der Waals surface area contributed by atoms with Crippen LogP contribution >= 0.6 is 0 Å². The second-order valence-electron chi connectivity index (χ2n) is 9.33. The normalized spacial score (nSPS) is 15.2. The lowest BCUT2D eigenvalue weighted by molar-refractivity contribution is 0.0826. The lowest BCUT2D eigenvalue weighted by Crippen LogP contribution is -2.23. The van der Waals surface area contributed by atoms with Crippen molar-refractivity contribution in [2.45, 2.75) is 31.3 Å². The summed E-state index contributed by atoms with van der Waals surface area (Å²) < 4.78 is 69.0. The van der Waals surface area contributed by atoms with Crippen molar-refractivity contribution in [2.24, 2.45) is 0 Å². The van der Waals surface area contributed by atoms with Crippen LogP contribution in [0.2, 0.25) is 0 Å². The highest BCUT2D eigenvalue weighted by Gasteiger charge is 2.31. The summed E-state index contributed by atoms with van der Waals surface area (Å²) in [7, 11) is -0.965. The number of carbonyl (C=O) groups is 1. The number of amides is 1. The molecule has 0 fully saturated rings. The molecule has 1 atom stereocenters. The smallest absolute Gasteiger partial charge is 0.269 e. The number of halogens is 2. The molecule has 8 nitrogen and oxygen atoms in total. The summed E-state index contributed by atoms with van der Waals surface area (Å²) in [6.45, 7) is 3.51. The van der Waals surface area contributed by atoms with E-state index < -0.39 is 27.8 Å². The summed E-state index contributed by atoms with van der Waals surface area (Å²) in [6, 6.07) is 11.1. The van der Waals surface area contributed by atoms with E-state index in [0.717, 1.165) is 21.7 Å². The van der Waals surface area contributed by atoms with Gasteiger partial charge >= 0.3 is 0 Å². The molecular formula is C27H25F2N3O5S. The van der Waals surface area contributed by atoms with Crippen LogP contribution in [0, 0.1) is 25.5 Å². The molecule has 1 amide bonds. The van der Waals surface area contributed by atoms with Crippen molar-refractivity contribution in [3.8, 4) is 11.5 Å². The first kappa shape index (κ1) is 25.7. The Bertz CT molecular complexity index is 1680. The fourth-order valence-corrected chi connectivity index (χ4v) is 6.03. The number of imidazole rings is 1. The summed E-state index contributed by atoms with van der Waals surface area (Å²) in [5.41, 5.74) is 1.44. The predicted octanol–water partition coefficient (Wildman–Crippen LogP) is 4.77. The number of ether oxygens (including phenoxy) is 2. The third kappa shape index (κ3) is 4.36. The summed E-state index contributed by atoms with van der Waals surface area (Å²) in [6.07, 6.45) is -0.723. The number of carbonyl (C=O) groups excluding carboxylic acids is 1. The number of rotatable bonds is 5. The third-order valence-corrected chi connectivity index (χ3v) is 8.13. The van der Waals surface area contributed by atoms with Gasteiger partial charge in [-0.25, -0.2) is 26.2 Å². The topological polar surface area (TPSA) is 90.7 Å². The molecule has 0 saturated carbocycles. The summed E-state index contributed by atoms with van der Waals surface area (Å²) in [4.78, 5) is 18.7. The lowest BCUT2D eigenvalue weighted by Gasteiger charge is -2.27. The van der Waals surface area contributed by atoms with Gasteiger partial charge in [0.2, 0.25) is 0 Å². The van der Waals surface area contributed by atoms with Gasteiger partial charge in [0.15, 0.2) is 0 Å². The van der Waals surface area contributed by atoms with Gasteiger partial charge in [-0.2, -0.15) is 0 Å². The van der Waals surface area contributed by atoms with Crippen LogP contribution < -0.4 is 9.47 Å². The van der Waals surface area contributed by atoms with Gasteiger partial charge in [-0.1, -0.05) is 17.7 Å². The molecule has 3 aromatic carbocycles. The molecule has 1 aliphatic heterocycles. The molecule has 1 aromatic heterocycles. The van der Waals surface area contributed by atoms with Gasteiger partial charge < -0.3 is 14.4 Å². The highest BCUT2D eigenvalue weighted by atomic mass is 32.2. The predicted molar refractivity (Wildman–Crippen MR) is 136 cm³/mol. The highest BCUT2D eigenvalue weighted by Crippen LogP contribution is 2.41. The number of hydrogen-bond donors (Lipinski definition) is 0. The third-order valence-electron chi connectivity index (χ3n) is 6.33. The molecule has 38 heavy (non-hydrogen) atoms. The van der Waals surface area contributed by atoms with E-state index in [1.54, 1.807) is 26.2 Å². The molecule has 0 radical (unpaired) electrons. The second kappa shape index (κ2) is 9.39. The van der Waals surface area contributed by atoms with E-state index in [4.69, 9.17) is 9.47 Å². The van der Waals surface area contributed by atoms with Crippen LogP contribution in [0.4, 0.5) is 8.78 Å². The Morgan fingerprint density at radius 2 is 1.82 bits per heavy atom. The van der Waals surface area contributed by atoms with E-state index in [1.165, 1.54) is 36.1 Å². The Kier molecular flexibility index (Phi) is 6.34. The minimum absolute atomic E-state index is 0.00693. The van der Waals surface area contributed by atoms with Crippen LogP contribution in [0.25, 0.3) is 11.0 Å². The van der Waals surface area contributed by atoms with Crippen molar-refractivity contribution in [1.29, 1.82) is 0 Å². The lowest BCUT2D eigenvalue weighted by atomic mass is 10.0. The largest absolute Gasteiger partial charge is 0.493 e. The fraction of sp³-hybridized carbons (Fsp3) is 0.259. The SMILES string of the molecule is Cc1ccc(S(=O)(=O)n2c(C)nc3cc(C(=O)N(C)C)cc(O[C@H]4CCOc5cc(F)cc(F)c54)c32)cc1. The second-order valence-corrected chi connectivity index (χ2v) is 11.1. The summed E-state index contributed by atoms with van der Waals surface area (Å²) >= 11 is 0. The molecule has 5 rings (SSSR count). The van der Waals surface area contributed by atoms with Crippen LogP contribution in [0.15, 0.2) is 53.4 Å². The van der Waals surface area contributed by atoms with E-state index in [-0.39, 0.29) is 63.3 Å². The summed E-state index contributed by atoms with van der Waals surface area (Å²) in [5.74, 6) is -1.82. The molecule has 1 aliphatic rings. The van der Waals surface area contributed by atoms with Gasteiger partial charge in [-0.05, 0) is 38.1 Å². The molecular weight excluding hydrogens is 516 g/mol. The highest BCUT2D eigenvalue weighted by molar-refractivity contribution is 7.90. The van der Waals surface area contributed by atoms with Crippen molar-refractivity contribution in [1.82, 2.24) is 13.9 Å². The fourth-order valence-electron chi connectivity index (χ4n) is 4.53. The average molecular weight is 542 g/mol. The van der Waals surface area contributed by atoms with Gasteiger partial charge in [0.1, 0.15) is 40.6 Å². The zero-order valence-electron chi connectivity index (χ0n) is 21.2. The number of benzene rings is 3. The number of nitrogens with zero attached hydrogens (tertiary/aromatic N) is 3. The monoisotopic (exact) mass is 541 g/mol. The van der Waals surface area contributed by atoms with Gasteiger partial charge in [-0.15, -0.1) is 0 Å². The molecule has 0 N–H and O–H groups in total. The zero-order chi connectivity index (χ0) is 27.4. The molecule has 0 spiro atoms. The molecule has 0 bridgehead atoms. The molecule has 4 aromatic rings. The van der Waals surface area contributed by atoms with Gasteiger partial charge in [0.25, 0.3) is 15.9 Å². The van der Waals surface area contributed by atoms with Crippen LogP contribution in [-0.4, -0.2) is 48.9 Å². The minimum Gasteiger partial charge on any atom is -0.493 e. The first-order valence-corrected chi connectivity index (χ1v) is 13.3. The van der Waals surface area contributed by atoms with Crippen LogP contribution in [0.1, 0.15) is 39.8 Å². The molecule has 11 heteroatoms. The van der Waals surface area contributed by atoms with E-state index in [9.17, 15) is 22.0 Å². The van der Waals surface area contributed by atoms with Gasteiger partial charge in [0.05, 0.1) is 22.6 Å². The van der Waals surface area contributed by atoms with Crippen molar-refractivity contribution >= 4 is 27.0 Å². The maximum Gasteiger partial charge on any atom is 0.269 e. The van der Waals surface area contributed by atoms with Crippen LogP contribution in [-0.2, 0) is 10.0 Å². The number of hydrogen-bond acceptors (Lipinski definition) is 6. The first-order valence-electron chi connectivity index (χ1n) is 11.8. The van der Waals surface area contributed by atoms with E-state index in [2.05, 4.69) is 4.98 Å². The zero-order valence-corrected chi connectivity index (χ0v) is 22.0. The Morgan fingerprint density at radius 3 is 2.50 bits per heavy atom. The summed E-state index contributed by atoms with van der Waals surface area (Å²) in [5, 5.41) is 0. The number of aryl methyl sites for hydroxylation is 2. The molecule has 0 unspecified atom stereocenters. The Hall–Kier alpha value is -3.99. The van der Waals surface area contributed by atoms with Gasteiger partial charge in [0, 0.05) is 38.2 Å². The minimum atomic E-state index is -4.13. The Morgan fingerprint density at radius 1 is 1.11 bits per heavy atom. The van der Waals surface area contributed by atoms with Crippen molar-refractivity contribution in [2.75, 3.05) is 20.7 Å². The molecule has 0 aliphatic carbocycles. The Balaban J connectivity index is 1.73. The standard InChI is InChI=1S/C27H25F2N3O5S/c1-15-5-7-19(8-6-15)38(34,35)32-16(2)30-21-11-17(27(33)31(3)4)12-24(26(21)32)37-22-9-10-36-23-14-18(28)13-20(29)25(22)23/h5-8,11-14,22H,9-10H2,1-4H3/t22-/m0/s1. The van der Waals surface area contributed by atoms with Crippen molar-refractivity contribution < 1.29 is 31.5 Å². The van der Waals surface area contributed by atoms with Crippen LogP contribution in [0.3, 0.4) is 0 Å². The maximum absolute atomic E-state index is 14.9. The van der Waals surface area contributed by atoms with E-state index >= 15 is 0 Å². The Labute approximate surface area is 218 Å². The molecule has 2 heterocycles. The van der Waals surface area contributed by atoms with E-state index in [0.29, 0.717) is 0 Å². The first-order chi connectivity index (χ1) is 18.0. The molecule has 0 saturated heterocycles. The van der Waals surface area contributed by atoms with Crippen LogP contribution in [0.5, 0.6) is 11.5 Å². The van der Waals surface area contributed by atoms with Crippen molar-refractivity contribution in [3.05, 3.63) is 82.7 Å². The van der Waals surface area contributed by atoms with Gasteiger partial charge in [-0.3, -0.25) is 4.79 Å². The van der Waals surface area contributed by atoms with Crippen molar-refractivity contribution in [3.63, 3.8) is 0 Å². The molecule has 198 valence electrons. The quantitative estimate of drug-likeness (QED) is 0.362. The number of fused-ring (bicyclic) bond motifs is 2.